The van der Waals surface area contributed by atoms with Crippen LogP contribution in [0.25, 0.3) is 0 Å². The van der Waals surface area contributed by atoms with Crippen LogP contribution in [0.15, 0.2) is 12.5 Å². The number of rotatable bonds is 15. The number of carbonyl (C=O) groups excluding carboxylic acids is 1. The fourth-order valence-electron chi connectivity index (χ4n) is 3.03. The van der Waals surface area contributed by atoms with Gasteiger partial charge in [-0.15, -0.1) is 0 Å². The van der Waals surface area contributed by atoms with E-state index in [4.69, 9.17) is 9.47 Å². The van der Waals surface area contributed by atoms with Crippen LogP contribution in [-0.4, -0.2) is 54.6 Å². The Hall–Kier alpha value is -1.47. The first-order valence-corrected chi connectivity index (χ1v) is 12.0. The lowest BCUT2D eigenvalue weighted by Crippen LogP contribution is -2.47. The van der Waals surface area contributed by atoms with E-state index in [0.29, 0.717) is 5.88 Å². The Labute approximate surface area is 197 Å². The van der Waals surface area contributed by atoms with Crippen molar-refractivity contribution in [1.82, 2.24) is 21.3 Å². The average Bonchev–Trinajstić information content (AvgIpc) is 2.51. The number of amides is 1. The van der Waals surface area contributed by atoms with Crippen LogP contribution in [-0.2, 0) is 9.47 Å². The molecule has 0 unspecified atom stereocenters. The summed E-state index contributed by atoms with van der Waals surface area (Å²) in [5.41, 5.74) is -1.09. The van der Waals surface area contributed by atoms with Gasteiger partial charge < -0.3 is 30.7 Å². The SMILES string of the molecule is C=C(NC(C)(C)CCNCCCCNCCC(C)(C)NC(=O)OC(C)(C)C)OC(C)(C)C. The Bertz CT molecular complexity index is 511. The zero-order valence-corrected chi connectivity index (χ0v) is 22.6. The van der Waals surface area contributed by atoms with E-state index in [1.165, 1.54) is 0 Å². The third kappa shape index (κ3) is 19.2. The molecular formula is C25H52N4O3. The molecule has 7 nitrogen and oxygen atoms in total. The number of nitrogens with one attached hydrogen (secondary N) is 4. The maximum absolute atomic E-state index is 11.9. The molecule has 32 heavy (non-hydrogen) atoms. The van der Waals surface area contributed by atoms with Crippen LogP contribution in [0.4, 0.5) is 4.79 Å². The van der Waals surface area contributed by atoms with Crippen molar-refractivity contribution >= 4 is 6.09 Å². The van der Waals surface area contributed by atoms with Crippen molar-refractivity contribution in [2.45, 2.75) is 117 Å². The van der Waals surface area contributed by atoms with E-state index in [9.17, 15) is 4.79 Å². The molecule has 0 spiro atoms. The van der Waals surface area contributed by atoms with E-state index < -0.39 is 5.60 Å². The lowest BCUT2D eigenvalue weighted by molar-refractivity contribution is 0.0334. The van der Waals surface area contributed by atoms with Crippen molar-refractivity contribution in [2.75, 3.05) is 26.2 Å². The Kier molecular flexibility index (Phi) is 12.7. The van der Waals surface area contributed by atoms with Crippen LogP contribution < -0.4 is 21.3 Å². The molecule has 0 rings (SSSR count). The van der Waals surface area contributed by atoms with Gasteiger partial charge in [0.2, 0.25) is 0 Å². The maximum atomic E-state index is 11.9. The van der Waals surface area contributed by atoms with Crippen molar-refractivity contribution in [3.05, 3.63) is 12.5 Å². The Morgan fingerprint density at radius 3 is 1.47 bits per heavy atom. The summed E-state index contributed by atoms with van der Waals surface area (Å²) >= 11 is 0. The van der Waals surface area contributed by atoms with Crippen molar-refractivity contribution in [1.29, 1.82) is 0 Å². The van der Waals surface area contributed by atoms with Crippen LogP contribution in [0, 0.1) is 0 Å². The highest BCUT2D eigenvalue weighted by Gasteiger charge is 2.24. The number of hydrogen-bond donors (Lipinski definition) is 4. The monoisotopic (exact) mass is 456 g/mol. The number of hydrogen-bond acceptors (Lipinski definition) is 6. The zero-order valence-electron chi connectivity index (χ0n) is 22.6. The molecule has 4 N–H and O–H groups in total. The summed E-state index contributed by atoms with van der Waals surface area (Å²) in [5.74, 6) is 0.623. The molecule has 7 heteroatoms. The standard InChI is InChI=1S/C25H52N4O3/c1-20(31-22(2,3)4)28-24(8,9)14-18-26-16-12-13-17-27-19-15-25(10,11)29-21(30)32-23(5,6)7/h26-28H,1,12-19H2,2-11H3,(H,29,30). The minimum Gasteiger partial charge on any atom is -0.474 e. The van der Waals surface area contributed by atoms with Crippen LogP contribution >= 0.6 is 0 Å². The molecule has 0 aliphatic heterocycles. The summed E-state index contributed by atoms with van der Waals surface area (Å²) in [7, 11) is 0. The predicted molar refractivity (Wildman–Crippen MR) is 135 cm³/mol. The molecule has 0 radical (unpaired) electrons. The molecule has 0 saturated heterocycles. The molecular weight excluding hydrogens is 404 g/mol. The fourth-order valence-corrected chi connectivity index (χ4v) is 3.03. The van der Waals surface area contributed by atoms with Gasteiger partial charge in [0.25, 0.3) is 0 Å². The van der Waals surface area contributed by atoms with Crippen molar-refractivity contribution in [3.63, 3.8) is 0 Å². The van der Waals surface area contributed by atoms with Gasteiger partial charge in [0.05, 0.1) is 0 Å². The molecule has 0 aliphatic carbocycles. The summed E-state index contributed by atoms with van der Waals surface area (Å²) in [4.78, 5) is 11.9. The van der Waals surface area contributed by atoms with E-state index in [1.807, 2.05) is 55.4 Å². The molecule has 0 aromatic carbocycles. The van der Waals surface area contributed by atoms with Gasteiger partial charge in [0.15, 0.2) is 5.88 Å². The van der Waals surface area contributed by atoms with Gasteiger partial charge in [-0.3, -0.25) is 0 Å². The molecule has 0 bridgehead atoms. The van der Waals surface area contributed by atoms with Crippen molar-refractivity contribution in [3.8, 4) is 0 Å². The fraction of sp³-hybridized carbons (Fsp3) is 0.880. The van der Waals surface area contributed by atoms with Gasteiger partial charge in [0.1, 0.15) is 11.2 Å². The highest BCUT2D eigenvalue weighted by molar-refractivity contribution is 5.68. The number of unbranched alkanes of at least 4 members (excludes halogenated alkanes) is 1. The summed E-state index contributed by atoms with van der Waals surface area (Å²) in [6, 6.07) is 0. The lowest BCUT2D eigenvalue weighted by atomic mass is 10.0. The molecule has 0 aliphatic rings. The van der Waals surface area contributed by atoms with Crippen LogP contribution in [0.1, 0.15) is 94.9 Å². The molecule has 0 atom stereocenters. The van der Waals surface area contributed by atoms with E-state index in [-0.39, 0.29) is 22.8 Å². The highest BCUT2D eigenvalue weighted by Crippen LogP contribution is 2.15. The van der Waals surface area contributed by atoms with Gasteiger partial charge in [-0.25, -0.2) is 4.79 Å². The largest absolute Gasteiger partial charge is 0.474 e. The quantitative estimate of drug-likeness (QED) is 0.211. The normalized spacial score (nSPS) is 12.9. The highest BCUT2D eigenvalue weighted by atomic mass is 16.6. The van der Waals surface area contributed by atoms with E-state index in [2.05, 4.69) is 41.7 Å². The first kappa shape index (κ1) is 30.5. The summed E-state index contributed by atoms with van der Waals surface area (Å²) in [6.07, 6.45) is 3.71. The third-order valence-electron chi connectivity index (χ3n) is 4.56. The molecule has 1 amide bonds. The predicted octanol–water partition coefficient (Wildman–Crippen LogP) is 4.68. The summed E-state index contributed by atoms with van der Waals surface area (Å²) < 4.78 is 11.1. The Balaban J connectivity index is 3.79. The Morgan fingerprint density at radius 2 is 1.06 bits per heavy atom. The topological polar surface area (TPSA) is 83.7 Å². The summed E-state index contributed by atoms with van der Waals surface area (Å²) in [6.45, 7) is 27.8. The average molecular weight is 457 g/mol. The lowest BCUT2D eigenvalue weighted by Gasteiger charge is -2.31. The number of carbonyl (C=O) groups is 1. The first-order valence-electron chi connectivity index (χ1n) is 12.0. The zero-order chi connectivity index (χ0) is 25.1. The molecule has 0 heterocycles. The second-order valence-electron chi connectivity index (χ2n) is 11.9. The molecule has 0 saturated carbocycles. The van der Waals surface area contributed by atoms with Gasteiger partial charge in [0, 0.05) is 11.1 Å². The maximum Gasteiger partial charge on any atom is 0.408 e. The minimum atomic E-state index is -0.478. The minimum absolute atomic E-state index is 0.0724. The number of ether oxygens (including phenoxy) is 2. The molecule has 0 aromatic heterocycles. The van der Waals surface area contributed by atoms with Crippen LogP contribution in [0.2, 0.25) is 0 Å². The summed E-state index contributed by atoms with van der Waals surface area (Å²) in [5, 5.41) is 13.3. The van der Waals surface area contributed by atoms with Crippen LogP contribution in [0.5, 0.6) is 0 Å². The van der Waals surface area contributed by atoms with E-state index >= 15 is 0 Å². The van der Waals surface area contributed by atoms with E-state index in [0.717, 1.165) is 51.9 Å². The smallest absolute Gasteiger partial charge is 0.408 e. The molecule has 190 valence electrons. The molecule has 0 fully saturated rings. The van der Waals surface area contributed by atoms with Crippen molar-refractivity contribution < 1.29 is 14.3 Å². The first-order chi connectivity index (χ1) is 14.4. The molecule has 0 aromatic rings. The van der Waals surface area contributed by atoms with Crippen molar-refractivity contribution in [2.24, 2.45) is 0 Å². The van der Waals surface area contributed by atoms with Gasteiger partial charge in [-0.05, 0) is 128 Å². The van der Waals surface area contributed by atoms with Gasteiger partial charge >= 0.3 is 6.09 Å². The Morgan fingerprint density at radius 1 is 0.656 bits per heavy atom. The second-order valence-corrected chi connectivity index (χ2v) is 11.9. The van der Waals surface area contributed by atoms with Gasteiger partial charge in [-0.1, -0.05) is 0 Å². The van der Waals surface area contributed by atoms with E-state index in [1.54, 1.807) is 0 Å². The van der Waals surface area contributed by atoms with Gasteiger partial charge in [-0.2, -0.15) is 0 Å². The van der Waals surface area contributed by atoms with Crippen LogP contribution in [0.3, 0.4) is 0 Å². The third-order valence-corrected chi connectivity index (χ3v) is 4.56. The second kappa shape index (κ2) is 13.3. The number of alkyl carbamates (subject to hydrolysis) is 1.